The molecule has 1 aromatic carbocycles. The normalized spacial score (nSPS) is 15.4. The molecule has 1 aliphatic rings. The number of rotatable bonds is 5. The van der Waals surface area contributed by atoms with Crippen LogP contribution in [-0.4, -0.2) is 38.3 Å². The van der Waals surface area contributed by atoms with E-state index in [0.717, 1.165) is 22.7 Å². The van der Waals surface area contributed by atoms with E-state index in [1.807, 2.05) is 13.0 Å². The Balaban J connectivity index is 2.15. The molecule has 1 amide bonds. The first-order chi connectivity index (χ1) is 9.30. The van der Waals surface area contributed by atoms with E-state index >= 15 is 0 Å². The molecule has 0 radical (unpaired) electrons. The molecule has 1 N–H and O–H groups in total. The van der Waals surface area contributed by atoms with Crippen LogP contribution in [0.5, 0.6) is 0 Å². The lowest BCUT2D eigenvalue weighted by Gasteiger charge is -2.18. The van der Waals surface area contributed by atoms with Crippen LogP contribution in [0.1, 0.15) is 24.0 Å². The maximum atomic E-state index is 12.5. The minimum atomic E-state index is -3.63. The summed E-state index contributed by atoms with van der Waals surface area (Å²) in [5.41, 5.74) is 1.56. The van der Waals surface area contributed by atoms with Crippen molar-refractivity contribution in [2.24, 2.45) is 0 Å². The van der Waals surface area contributed by atoms with Crippen LogP contribution in [0.25, 0.3) is 0 Å². The molecule has 0 unspecified atom stereocenters. The van der Waals surface area contributed by atoms with Gasteiger partial charge in [-0.3, -0.25) is 4.79 Å². The molecular weight excluding hydrogens is 276 g/mol. The Bertz CT molecular complexity index is 621. The fourth-order valence-corrected chi connectivity index (χ4v) is 3.37. The SMILES string of the molecule is Cc1ccc(C)c(S(=O)(=O)N(C)CC(=O)NC2CC2)c1. The third-order valence-electron chi connectivity index (χ3n) is 3.34. The van der Waals surface area contributed by atoms with Gasteiger partial charge in [0.1, 0.15) is 0 Å². The maximum absolute atomic E-state index is 12.5. The van der Waals surface area contributed by atoms with E-state index in [4.69, 9.17) is 0 Å². The van der Waals surface area contributed by atoms with E-state index in [-0.39, 0.29) is 23.4 Å². The molecule has 20 heavy (non-hydrogen) atoms. The van der Waals surface area contributed by atoms with Crippen molar-refractivity contribution in [3.63, 3.8) is 0 Å². The molecule has 1 fully saturated rings. The zero-order valence-corrected chi connectivity index (χ0v) is 12.8. The van der Waals surface area contributed by atoms with Gasteiger partial charge in [-0.2, -0.15) is 4.31 Å². The Labute approximate surface area is 120 Å². The minimum absolute atomic E-state index is 0.147. The first-order valence-corrected chi connectivity index (χ1v) is 8.07. The number of benzene rings is 1. The average molecular weight is 296 g/mol. The van der Waals surface area contributed by atoms with Crippen LogP contribution in [0.2, 0.25) is 0 Å². The lowest BCUT2D eigenvalue weighted by atomic mass is 10.2. The predicted octanol–water partition coefficient (Wildman–Crippen LogP) is 1.20. The number of carbonyl (C=O) groups is 1. The third kappa shape index (κ3) is 3.37. The van der Waals surface area contributed by atoms with E-state index in [1.165, 1.54) is 7.05 Å². The summed E-state index contributed by atoms with van der Waals surface area (Å²) in [4.78, 5) is 12.0. The molecule has 1 saturated carbocycles. The summed E-state index contributed by atoms with van der Waals surface area (Å²) in [6.45, 7) is 3.45. The summed E-state index contributed by atoms with van der Waals surface area (Å²) in [6.07, 6.45) is 1.97. The van der Waals surface area contributed by atoms with Gasteiger partial charge in [-0.15, -0.1) is 0 Å². The number of likely N-dealkylation sites (N-methyl/N-ethyl adjacent to an activating group) is 1. The smallest absolute Gasteiger partial charge is 0.243 e. The van der Waals surface area contributed by atoms with Gasteiger partial charge in [-0.05, 0) is 43.9 Å². The van der Waals surface area contributed by atoms with Crippen LogP contribution in [0.3, 0.4) is 0 Å². The second-order valence-electron chi connectivity index (χ2n) is 5.37. The average Bonchev–Trinajstić information content (AvgIpc) is 3.15. The molecule has 0 saturated heterocycles. The predicted molar refractivity (Wildman–Crippen MR) is 76.9 cm³/mol. The van der Waals surface area contributed by atoms with Crippen molar-refractivity contribution in [3.05, 3.63) is 29.3 Å². The second-order valence-corrected chi connectivity index (χ2v) is 7.39. The number of hydrogen-bond donors (Lipinski definition) is 1. The Morgan fingerprint density at radius 2 is 2.00 bits per heavy atom. The van der Waals surface area contributed by atoms with Gasteiger partial charge in [0, 0.05) is 13.1 Å². The number of amides is 1. The first-order valence-electron chi connectivity index (χ1n) is 6.63. The van der Waals surface area contributed by atoms with Crippen molar-refractivity contribution < 1.29 is 13.2 Å². The van der Waals surface area contributed by atoms with E-state index < -0.39 is 10.0 Å². The Hall–Kier alpha value is -1.40. The van der Waals surface area contributed by atoms with Gasteiger partial charge in [0.2, 0.25) is 15.9 Å². The molecule has 2 rings (SSSR count). The molecule has 0 aliphatic heterocycles. The molecule has 110 valence electrons. The Morgan fingerprint density at radius 3 is 2.60 bits per heavy atom. The maximum Gasteiger partial charge on any atom is 0.243 e. The van der Waals surface area contributed by atoms with Crippen molar-refractivity contribution in [2.45, 2.75) is 37.6 Å². The van der Waals surface area contributed by atoms with Gasteiger partial charge in [0.25, 0.3) is 0 Å². The second kappa shape index (κ2) is 5.54. The van der Waals surface area contributed by atoms with Crippen LogP contribution in [0.4, 0.5) is 0 Å². The summed E-state index contributed by atoms with van der Waals surface area (Å²) in [5.74, 6) is -0.246. The van der Waals surface area contributed by atoms with Gasteiger partial charge >= 0.3 is 0 Å². The summed E-state index contributed by atoms with van der Waals surface area (Å²) < 4.78 is 26.1. The fourth-order valence-electron chi connectivity index (χ4n) is 1.94. The number of sulfonamides is 1. The van der Waals surface area contributed by atoms with E-state index in [9.17, 15) is 13.2 Å². The number of nitrogens with zero attached hydrogens (tertiary/aromatic N) is 1. The highest BCUT2D eigenvalue weighted by Crippen LogP contribution is 2.21. The van der Waals surface area contributed by atoms with Crippen molar-refractivity contribution in [3.8, 4) is 0 Å². The largest absolute Gasteiger partial charge is 0.352 e. The van der Waals surface area contributed by atoms with Crippen LogP contribution in [0.15, 0.2) is 23.1 Å². The molecule has 6 heteroatoms. The third-order valence-corrected chi connectivity index (χ3v) is 5.29. The van der Waals surface area contributed by atoms with Crippen LogP contribution in [0, 0.1) is 13.8 Å². The lowest BCUT2D eigenvalue weighted by molar-refractivity contribution is -0.121. The summed E-state index contributed by atoms with van der Waals surface area (Å²) in [5, 5.41) is 2.79. The standard InChI is InChI=1S/C14H20N2O3S/c1-10-4-5-11(2)13(8-10)20(18,19)16(3)9-14(17)15-12-6-7-12/h4-5,8,12H,6-7,9H2,1-3H3,(H,15,17). The van der Waals surface area contributed by atoms with Crippen LogP contribution in [-0.2, 0) is 14.8 Å². The first kappa shape index (κ1) is 15.0. The zero-order valence-electron chi connectivity index (χ0n) is 12.0. The highest BCUT2D eigenvalue weighted by Gasteiger charge is 2.28. The van der Waals surface area contributed by atoms with E-state index in [0.29, 0.717) is 5.56 Å². The van der Waals surface area contributed by atoms with Crippen molar-refractivity contribution >= 4 is 15.9 Å². The summed E-state index contributed by atoms with van der Waals surface area (Å²) in [7, 11) is -2.20. The molecule has 5 nitrogen and oxygen atoms in total. The molecule has 0 atom stereocenters. The van der Waals surface area contributed by atoms with Crippen molar-refractivity contribution in [1.82, 2.24) is 9.62 Å². The molecule has 1 aromatic rings. The highest BCUT2D eigenvalue weighted by atomic mass is 32.2. The van der Waals surface area contributed by atoms with Gasteiger partial charge < -0.3 is 5.32 Å². The van der Waals surface area contributed by atoms with Crippen LogP contribution < -0.4 is 5.32 Å². The molecule has 1 aliphatic carbocycles. The Kier molecular flexibility index (Phi) is 4.15. The summed E-state index contributed by atoms with van der Waals surface area (Å²) >= 11 is 0. The Morgan fingerprint density at radius 1 is 1.35 bits per heavy atom. The van der Waals surface area contributed by atoms with Gasteiger partial charge in [0.15, 0.2) is 0 Å². The number of nitrogens with one attached hydrogen (secondary N) is 1. The van der Waals surface area contributed by atoms with Gasteiger partial charge in [-0.1, -0.05) is 12.1 Å². The molecule has 0 aromatic heterocycles. The van der Waals surface area contributed by atoms with Gasteiger partial charge in [0.05, 0.1) is 11.4 Å². The van der Waals surface area contributed by atoms with Crippen molar-refractivity contribution in [1.29, 1.82) is 0 Å². The van der Waals surface area contributed by atoms with Gasteiger partial charge in [-0.25, -0.2) is 8.42 Å². The highest BCUT2D eigenvalue weighted by molar-refractivity contribution is 7.89. The van der Waals surface area contributed by atoms with Crippen molar-refractivity contribution in [2.75, 3.05) is 13.6 Å². The van der Waals surface area contributed by atoms with E-state index in [1.54, 1.807) is 19.1 Å². The molecular formula is C14H20N2O3S. The lowest BCUT2D eigenvalue weighted by Crippen LogP contribution is -2.39. The monoisotopic (exact) mass is 296 g/mol. The fraction of sp³-hybridized carbons (Fsp3) is 0.500. The number of hydrogen-bond acceptors (Lipinski definition) is 3. The minimum Gasteiger partial charge on any atom is -0.352 e. The van der Waals surface area contributed by atoms with Crippen LogP contribution >= 0.6 is 0 Å². The molecule has 0 spiro atoms. The molecule has 0 bridgehead atoms. The van der Waals surface area contributed by atoms with E-state index in [2.05, 4.69) is 5.32 Å². The quantitative estimate of drug-likeness (QED) is 0.888. The number of carbonyl (C=O) groups excluding carboxylic acids is 1. The topological polar surface area (TPSA) is 66.5 Å². The zero-order chi connectivity index (χ0) is 14.9. The molecule has 0 heterocycles. The number of aryl methyl sites for hydroxylation is 2. The summed E-state index contributed by atoms with van der Waals surface area (Å²) in [6, 6.07) is 5.52.